The van der Waals surface area contributed by atoms with Gasteiger partial charge in [0.2, 0.25) is 5.88 Å². The number of guanidine groups is 1. The summed E-state index contributed by atoms with van der Waals surface area (Å²) in [5, 5.41) is 3.29. The van der Waals surface area contributed by atoms with Crippen LogP contribution < -0.4 is 15.8 Å². The molecule has 1 saturated carbocycles. The van der Waals surface area contributed by atoms with E-state index in [2.05, 4.69) is 15.3 Å². The summed E-state index contributed by atoms with van der Waals surface area (Å²) < 4.78 is 18.4. The van der Waals surface area contributed by atoms with Crippen LogP contribution in [0.5, 0.6) is 11.6 Å². The second kappa shape index (κ2) is 10.3. The van der Waals surface area contributed by atoms with Crippen molar-refractivity contribution in [1.82, 2.24) is 10.3 Å². The van der Waals surface area contributed by atoms with Crippen LogP contribution in [0.15, 0.2) is 47.6 Å². The third-order valence-corrected chi connectivity index (χ3v) is 4.22. The number of aromatic nitrogens is 1. The third kappa shape index (κ3) is 6.44. The Morgan fingerprint density at radius 3 is 2.54 bits per heavy atom. The third-order valence-electron chi connectivity index (χ3n) is 4.22. The van der Waals surface area contributed by atoms with Gasteiger partial charge in [-0.25, -0.2) is 14.4 Å². The first-order valence-corrected chi connectivity index (χ1v) is 8.64. The molecule has 7 heteroatoms. The summed E-state index contributed by atoms with van der Waals surface area (Å²) in [7, 11) is 0. The molecule has 0 bridgehead atoms. The predicted molar refractivity (Wildman–Crippen MR) is 111 cm³/mol. The number of ether oxygens (including phenoxy) is 1. The van der Waals surface area contributed by atoms with E-state index in [1.165, 1.54) is 31.4 Å². The van der Waals surface area contributed by atoms with Crippen molar-refractivity contribution in [2.75, 3.05) is 0 Å². The average molecular weight is 470 g/mol. The number of hydrogen-bond acceptors (Lipinski definition) is 3. The average Bonchev–Trinajstić information content (AvgIpc) is 2.64. The number of halogens is 2. The normalized spacial score (nSPS) is 15.2. The molecule has 3 rings (SSSR count). The Morgan fingerprint density at radius 2 is 1.88 bits per heavy atom. The Morgan fingerprint density at radius 1 is 1.15 bits per heavy atom. The van der Waals surface area contributed by atoms with E-state index >= 15 is 0 Å². The number of nitrogens with one attached hydrogen (secondary N) is 1. The number of nitrogens with zero attached hydrogens (tertiary/aromatic N) is 2. The van der Waals surface area contributed by atoms with Crippen molar-refractivity contribution in [2.24, 2.45) is 10.7 Å². The van der Waals surface area contributed by atoms with Gasteiger partial charge in [0.05, 0.1) is 6.54 Å². The molecule has 26 heavy (non-hydrogen) atoms. The molecule has 0 radical (unpaired) electrons. The predicted octanol–water partition coefficient (Wildman–Crippen LogP) is 4.37. The zero-order chi connectivity index (χ0) is 17.5. The fourth-order valence-electron chi connectivity index (χ4n) is 2.87. The minimum Gasteiger partial charge on any atom is -0.439 e. The molecule has 0 atom stereocenters. The van der Waals surface area contributed by atoms with Crippen LogP contribution in [-0.2, 0) is 6.54 Å². The second-order valence-corrected chi connectivity index (χ2v) is 6.24. The number of pyridine rings is 1. The molecule has 0 saturated heterocycles. The Bertz CT molecular complexity index is 700. The largest absolute Gasteiger partial charge is 0.439 e. The molecule has 1 aromatic heterocycles. The fraction of sp³-hybridized carbons (Fsp3) is 0.368. The van der Waals surface area contributed by atoms with Crippen LogP contribution in [-0.4, -0.2) is 17.0 Å². The Hall–Kier alpha value is -1.90. The molecule has 0 unspecified atom stereocenters. The lowest BCUT2D eigenvalue weighted by molar-refractivity contribution is 0.412. The zero-order valence-corrected chi connectivity index (χ0v) is 16.9. The summed E-state index contributed by atoms with van der Waals surface area (Å²) in [6, 6.07) is 9.92. The standard InChI is InChI=1S/C19H23FN4O.HI/c20-15-7-9-17(10-8-15)25-18-11-6-14(12-22-18)13-23-19(21)24-16-4-2-1-3-5-16;/h6-12,16H,1-5,13H2,(H3,21,23,24);1H. The number of rotatable bonds is 5. The quantitative estimate of drug-likeness (QED) is 0.387. The van der Waals surface area contributed by atoms with E-state index in [4.69, 9.17) is 10.5 Å². The Balaban J connectivity index is 0.00000243. The molecule has 1 aromatic carbocycles. The van der Waals surface area contributed by atoms with Gasteiger partial charge >= 0.3 is 0 Å². The van der Waals surface area contributed by atoms with Crippen LogP contribution in [0.4, 0.5) is 4.39 Å². The van der Waals surface area contributed by atoms with Crippen LogP contribution in [0.2, 0.25) is 0 Å². The number of benzene rings is 1. The maximum Gasteiger partial charge on any atom is 0.219 e. The molecule has 3 N–H and O–H groups in total. The van der Waals surface area contributed by atoms with Gasteiger partial charge in [0, 0.05) is 18.3 Å². The van der Waals surface area contributed by atoms with Crippen molar-refractivity contribution in [3.8, 4) is 11.6 Å². The fourth-order valence-corrected chi connectivity index (χ4v) is 2.87. The van der Waals surface area contributed by atoms with Crippen LogP contribution in [0, 0.1) is 5.82 Å². The molecule has 0 amide bonds. The second-order valence-electron chi connectivity index (χ2n) is 6.24. The lowest BCUT2D eigenvalue weighted by atomic mass is 9.96. The van der Waals surface area contributed by atoms with Gasteiger partial charge in [-0.2, -0.15) is 0 Å². The maximum absolute atomic E-state index is 12.9. The minimum atomic E-state index is -0.298. The summed E-state index contributed by atoms with van der Waals surface area (Å²) in [6.07, 6.45) is 7.85. The molecule has 0 aliphatic heterocycles. The van der Waals surface area contributed by atoms with Crippen LogP contribution in [0.25, 0.3) is 0 Å². The first-order valence-electron chi connectivity index (χ1n) is 8.64. The molecule has 1 aliphatic carbocycles. The van der Waals surface area contributed by atoms with Gasteiger partial charge in [-0.3, -0.25) is 0 Å². The lowest BCUT2D eigenvalue weighted by Crippen LogP contribution is -2.41. The molecule has 5 nitrogen and oxygen atoms in total. The first kappa shape index (κ1) is 20.4. The topological polar surface area (TPSA) is 72.5 Å². The summed E-state index contributed by atoms with van der Waals surface area (Å²) in [5.41, 5.74) is 6.90. The maximum atomic E-state index is 12.9. The van der Waals surface area contributed by atoms with Crippen molar-refractivity contribution in [2.45, 2.75) is 44.7 Å². The first-order chi connectivity index (χ1) is 12.2. The summed E-state index contributed by atoms with van der Waals surface area (Å²) >= 11 is 0. The highest BCUT2D eigenvalue weighted by molar-refractivity contribution is 14.0. The van der Waals surface area contributed by atoms with E-state index in [0.29, 0.717) is 30.2 Å². The van der Waals surface area contributed by atoms with Crippen LogP contribution in [0.1, 0.15) is 37.7 Å². The molecule has 2 aromatic rings. The van der Waals surface area contributed by atoms with E-state index in [0.717, 1.165) is 18.4 Å². The SMILES string of the molecule is I.NC(=NCc1ccc(Oc2ccc(F)cc2)nc1)NC1CCCCC1. The van der Waals surface area contributed by atoms with Gasteiger partial charge in [-0.15, -0.1) is 24.0 Å². The molecule has 1 aliphatic rings. The smallest absolute Gasteiger partial charge is 0.219 e. The van der Waals surface area contributed by atoms with Gasteiger partial charge in [0.15, 0.2) is 5.96 Å². The van der Waals surface area contributed by atoms with E-state index in [9.17, 15) is 4.39 Å². The van der Waals surface area contributed by atoms with Crippen molar-refractivity contribution in [1.29, 1.82) is 0 Å². The highest BCUT2D eigenvalue weighted by Gasteiger charge is 2.13. The van der Waals surface area contributed by atoms with Gasteiger partial charge in [0.25, 0.3) is 0 Å². The van der Waals surface area contributed by atoms with Gasteiger partial charge in [-0.1, -0.05) is 25.3 Å². The van der Waals surface area contributed by atoms with E-state index in [1.54, 1.807) is 24.4 Å². The highest BCUT2D eigenvalue weighted by atomic mass is 127. The summed E-state index contributed by atoms with van der Waals surface area (Å²) in [6.45, 7) is 0.468. The zero-order valence-electron chi connectivity index (χ0n) is 14.5. The molecule has 1 heterocycles. The van der Waals surface area contributed by atoms with Gasteiger partial charge in [0.1, 0.15) is 11.6 Å². The molecular formula is C19H24FIN4O. The summed E-state index contributed by atoms with van der Waals surface area (Å²) in [5.74, 6) is 1.18. The van der Waals surface area contributed by atoms with Crippen LogP contribution >= 0.6 is 24.0 Å². The van der Waals surface area contributed by atoms with E-state index in [-0.39, 0.29) is 29.8 Å². The Kier molecular flexibility index (Phi) is 8.08. The van der Waals surface area contributed by atoms with Crippen molar-refractivity contribution >= 4 is 29.9 Å². The summed E-state index contributed by atoms with van der Waals surface area (Å²) in [4.78, 5) is 8.62. The van der Waals surface area contributed by atoms with Gasteiger partial charge < -0.3 is 15.8 Å². The number of aliphatic imine (C=N–C) groups is 1. The Labute approximate surface area is 170 Å². The van der Waals surface area contributed by atoms with Crippen molar-refractivity contribution in [3.05, 3.63) is 54.0 Å². The minimum absolute atomic E-state index is 0. The molecule has 0 spiro atoms. The van der Waals surface area contributed by atoms with Crippen molar-refractivity contribution in [3.63, 3.8) is 0 Å². The molecule has 1 fully saturated rings. The molecular weight excluding hydrogens is 446 g/mol. The number of nitrogens with two attached hydrogens (primary N) is 1. The highest BCUT2D eigenvalue weighted by Crippen LogP contribution is 2.20. The monoisotopic (exact) mass is 470 g/mol. The van der Waals surface area contributed by atoms with Crippen LogP contribution in [0.3, 0.4) is 0 Å². The number of hydrogen-bond donors (Lipinski definition) is 2. The van der Waals surface area contributed by atoms with Gasteiger partial charge in [-0.05, 0) is 42.7 Å². The van der Waals surface area contributed by atoms with E-state index in [1.807, 2.05) is 6.07 Å². The molecule has 140 valence electrons. The van der Waals surface area contributed by atoms with E-state index < -0.39 is 0 Å². The lowest BCUT2D eigenvalue weighted by Gasteiger charge is -2.23. The van der Waals surface area contributed by atoms with Crippen molar-refractivity contribution < 1.29 is 9.13 Å².